The van der Waals surface area contributed by atoms with Crippen molar-refractivity contribution in [3.8, 4) is 0 Å². The van der Waals surface area contributed by atoms with E-state index in [1.54, 1.807) is 19.1 Å². The molecule has 0 aliphatic heterocycles. The number of hydrogen-bond acceptors (Lipinski definition) is 4. The average Bonchev–Trinajstić information content (AvgIpc) is 2.38. The first-order valence-electron chi connectivity index (χ1n) is 7.42. The standard InChI is InChI=1S/C15H27N3O2S/c1-5-17-21(19,20)13-8-9-14(16)15(10-13)18-12(4)7-6-11(2)3/h8-12,17-18H,5-7,16H2,1-4H3. The average molecular weight is 313 g/mol. The Labute approximate surface area is 128 Å². The molecule has 0 heterocycles. The van der Waals surface area contributed by atoms with Gasteiger partial charge in [0.05, 0.1) is 16.3 Å². The second-order valence-corrected chi connectivity index (χ2v) is 7.53. The van der Waals surface area contributed by atoms with E-state index in [4.69, 9.17) is 5.73 Å². The van der Waals surface area contributed by atoms with Crippen LogP contribution in [0, 0.1) is 5.92 Å². The molecule has 0 saturated carbocycles. The molecule has 0 aliphatic rings. The molecule has 0 aromatic heterocycles. The van der Waals surface area contributed by atoms with Crippen LogP contribution in [0.2, 0.25) is 0 Å². The van der Waals surface area contributed by atoms with E-state index in [1.165, 1.54) is 6.07 Å². The summed E-state index contributed by atoms with van der Waals surface area (Å²) in [4.78, 5) is 0.233. The number of nitrogen functional groups attached to an aromatic ring is 1. The zero-order chi connectivity index (χ0) is 16.0. The Hall–Kier alpha value is -1.27. The highest BCUT2D eigenvalue weighted by molar-refractivity contribution is 7.89. The van der Waals surface area contributed by atoms with E-state index in [0.717, 1.165) is 12.8 Å². The monoisotopic (exact) mass is 313 g/mol. The maximum atomic E-state index is 12.0. The van der Waals surface area contributed by atoms with Crippen molar-refractivity contribution in [3.05, 3.63) is 18.2 Å². The van der Waals surface area contributed by atoms with Gasteiger partial charge in [0.15, 0.2) is 0 Å². The Morgan fingerprint density at radius 1 is 1.19 bits per heavy atom. The summed E-state index contributed by atoms with van der Waals surface area (Å²) in [5.41, 5.74) is 7.16. The highest BCUT2D eigenvalue weighted by Crippen LogP contribution is 2.24. The number of nitrogens with one attached hydrogen (secondary N) is 2. The fourth-order valence-electron chi connectivity index (χ4n) is 2.02. The van der Waals surface area contributed by atoms with Crippen LogP contribution in [0.4, 0.5) is 11.4 Å². The van der Waals surface area contributed by atoms with Crippen LogP contribution in [0.5, 0.6) is 0 Å². The van der Waals surface area contributed by atoms with Crippen LogP contribution in [0.1, 0.15) is 40.5 Å². The van der Waals surface area contributed by atoms with Crippen molar-refractivity contribution in [1.29, 1.82) is 0 Å². The molecule has 0 saturated heterocycles. The van der Waals surface area contributed by atoms with Gasteiger partial charge >= 0.3 is 0 Å². The number of hydrogen-bond donors (Lipinski definition) is 3. The van der Waals surface area contributed by atoms with E-state index >= 15 is 0 Å². The molecule has 0 spiro atoms. The zero-order valence-corrected chi connectivity index (χ0v) is 14.1. The quantitative estimate of drug-likeness (QED) is 0.644. The van der Waals surface area contributed by atoms with E-state index in [9.17, 15) is 8.42 Å². The van der Waals surface area contributed by atoms with Gasteiger partial charge in [0, 0.05) is 12.6 Å². The molecule has 1 aromatic carbocycles. The van der Waals surface area contributed by atoms with Crippen molar-refractivity contribution >= 4 is 21.4 Å². The van der Waals surface area contributed by atoms with Gasteiger partial charge < -0.3 is 11.1 Å². The Kier molecular flexibility index (Phi) is 6.48. The van der Waals surface area contributed by atoms with Crippen molar-refractivity contribution in [2.24, 2.45) is 5.92 Å². The van der Waals surface area contributed by atoms with Gasteiger partial charge in [-0.2, -0.15) is 0 Å². The third-order valence-electron chi connectivity index (χ3n) is 3.25. The van der Waals surface area contributed by atoms with Gasteiger partial charge in [-0.25, -0.2) is 13.1 Å². The molecule has 4 N–H and O–H groups in total. The predicted octanol–water partition coefficient (Wildman–Crippen LogP) is 2.80. The largest absolute Gasteiger partial charge is 0.397 e. The second kappa shape index (κ2) is 7.66. The third kappa shape index (κ3) is 5.55. The molecule has 1 aromatic rings. The lowest BCUT2D eigenvalue weighted by atomic mass is 10.0. The first-order chi connectivity index (χ1) is 9.76. The highest BCUT2D eigenvalue weighted by atomic mass is 32.2. The van der Waals surface area contributed by atoms with Gasteiger partial charge in [0.1, 0.15) is 0 Å². The number of nitrogens with two attached hydrogens (primary N) is 1. The van der Waals surface area contributed by atoms with Crippen LogP contribution >= 0.6 is 0 Å². The maximum absolute atomic E-state index is 12.0. The molecule has 21 heavy (non-hydrogen) atoms. The molecule has 0 amide bonds. The van der Waals surface area contributed by atoms with Gasteiger partial charge in [-0.15, -0.1) is 0 Å². The fraction of sp³-hybridized carbons (Fsp3) is 0.600. The smallest absolute Gasteiger partial charge is 0.240 e. The van der Waals surface area contributed by atoms with Crippen molar-refractivity contribution < 1.29 is 8.42 Å². The van der Waals surface area contributed by atoms with Crippen LogP contribution in [0.15, 0.2) is 23.1 Å². The lowest BCUT2D eigenvalue weighted by Crippen LogP contribution is -2.23. The molecular formula is C15H27N3O2S. The SMILES string of the molecule is CCNS(=O)(=O)c1ccc(N)c(NC(C)CCC(C)C)c1. The zero-order valence-electron chi connectivity index (χ0n) is 13.3. The first kappa shape index (κ1) is 17.8. The predicted molar refractivity (Wildman–Crippen MR) is 88.9 cm³/mol. The van der Waals surface area contributed by atoms with Gasteiger partial charge in [0.2, 0.25) is 10.0 Å². The minimum atomic E-state index is -3.46. The first-order valence-corrected chi connectivity index (χ1v) is 8.90. The third-order valence-corrected chi connectivity index (χ3v) is 4.79. The molecule has 0 aliphatic carbocycles. The number of benzene rings is 1. The molecule has 0 bridgehead atoms. The van der Waals surface area contributed by atoms with Gasteiger partial charge in [0.25, 0.3) is 0 Å². The van der Waals surface area contributed by atoms with Gasteiger partial charge in [-0.3, -0.25) is 0 Å². The Balaban J connectivity index is 2.88. The molecule has 5 nitrogen and oxygen atoms in total. The van der Waals surface area contributed by atoms with Crippen LogP contribution in [-0.4, -0.2) is 21.0 Å². The molecule has 120 valence electrons. The molecule has 0 radical (unpaired) electrons. The van der Waals surface area contributed by atoms with Gasteiger partial charge in [-0.1, -0.05) is 20.8 Å². The molecule has 1 rings (SSSR count). The summed E-state index contributed by atoms with van der Waals surface area (Å²) in [6.07, 6.45) is 2.13. The summed E-state index contributed by atoms with van der Waals surface area (Å²) in [6, 6.07) is 4.99. The van der Waals surface area contributed by atoms with Crippen LogP contribution in [0.25, 0.3) is 0 Å². The lowest BCUT2D eigenvalue weighted by molar-refractivity contribution is 0.528. The summed E-state index contributed by atoms with van der Waals surface area (Å²) >= 11 is 0. The van der Waals surface area contributed by atoms with E-state index in [2.05, 4.69) is 30.8 Å². The Morgan fingerprint density at radius 3 is 2.43 bits per heavy atom. The van der Waals surface area contributed by atoms with Crippen molar-refractivity contribution in [2.75, 3.05) is 17.6 Å². The Bertz CT molecular complexity index is 556. The molecular weight excluding hydrogens is 286 g/mol. The minimum Gasteiger partial charge on any atom is -0.397 e. The number of rotatable bonds is 8. The number of anilines is 2. The van der Waals surface area contributed by atoms with Gasteiger partial charge in [-0.05, 0) is 43.9 Å². The van der Waals surface area contributed by atoms with Crippen molar-refractivity contribution in [1.82, 2.24) is 4.72 Å². The lowest BCUT2D eigenvalue weighted by Gasteiger charge is -2.18. The summed E-state index contributed by atoms with van der Waals surface area (Å²) in [5, 5.41) is 3.30. The Morgan fingerprint density at radius 2 is 1.86 bits per heavy atom. The molecule has 1 atom stereocenters. The molecule has 1 unspecified atom stereocenters. The number of sulfonamides is 1. The normalized spacial score (nSPS) is 13.4. The summed E-state index contributed by atoms with van der Waals surface area (Å²) in [6.45, 7) is 8.56. The van der Waals surface area contributed by atoms with E-state index in [1.807, 2.05) is 0 Å². The van der Waals surface area contributed by atoms with Crippen molar-refractivity contribution in [3.63, 3.8) is 0 Å². The minimum absolute atomic E-state index is 0.233. The van der Waals surface area contributed by atoms with E-state index in [0.29, 0.717) is 23.8 Å². The van der Waals surface area contributed by atoms with Crippen LogP contribution in [-0.2, 0) is 10.0 Å². The molecule has 0 fully saturated rings. The molecule has 6 heteroatoms. The van der Waals surface area contributed by atoms with Crippen molar-refractivity contribution in [2.45, 2.75) is 51.5 Å². The highest BCUT2D eigenvalue weighted by Gasteiger charge is 2.15. The topological polar surface area (TPSA) is 84.2 Å². The van der Waals surface area contributed by atoms with E-state index < -0.39 is 10.0 Å². The summed E-state index contributed by atoms with van der Waals surface area (Å²) in [7, 11) is -3.46. The second-order valence-electron chi connectivity index (χ2n) is 5.77. The van der Waals surface area contributed by atoms with Crippen LogP contribution in [0.3, 0.4) is 0 Å². The van der Waals surface area contributed by atoms with Crippen LogP contribution < -0.4 is 15.8 Å². The maximum Gasteiger partial charge on any atom is 0.240 e. The summed E-state index contributed by atoms with van der Waals surface area (Å²) < 4.78 is 26.5. The fourth-order valence-corrected chi connectivity index (χ4v) is 3.09. The summed E-state index contributed by atoms with van der Waals surface area (Å²) in [5.74, 6) is 0.645. The van der Waals surface area contributed by atoms with E-state index in [-0.39, 0.29) is 10.9 Å².